The van der Waals surface area contributed by atoms with Gasteiger partial charge in [0.25, 0.3) is 0 Å². The molecule has 0 aromatic carbocycles. The van der Waals surface area contributed by atoms with Gasteiger partial charge in [-0.05, 0) is 25.2 Å². The molecule has 1 saturated carbocycles. The highest BCUT2D eigenvalue weighted by Gasteiger charge is 2.43. The lowest BCUT2D eigenvalue weighted by Gasteiger charge is -2.44. The Balaban J connectivity index is 2.84. The van der Waals surface area contributed by atoms with Gasteiger partial charge in [0.2, 0.25) is 0 Å². The zero-order chi connectivity index (χ0) is 12.2. The monoisotopic (exact) mass is 227 g/mol. The Morgan fingerprint density at radius 3 is 2.00 bits per heavy atom. The maximum Gasteiger partial charge on any atom is 0.0837 e. The Morgan fingerprint density at radius 2 is 1.62 bits per heavy atom. The lowest BCUT2D eigenvalue weighted by Crippen LogP contribution is -2.56. The molecule has 0 spiro atoms. The molecule has 1 rings (SSSR count). The van der Waals surface area contributed by atoms with Crippen LogP contribution in [0.25, 0.3) is 0 Å². The number of hydrogen-bond acceptors (Lipinski definition) is 2. The third-order valence-electron chi connectivity index (χ3n) is 3.88. The highest BCUT2D eigenvalue weighted by atomic mass is 16.5. The molecule has 0 aromatic heterocycles. The molecule has 1 aliphatic rings. The van der Waals surface area contributed by atoms with E-state index in [1.807, 2.05) is 0 Å². The van der Waals surface area contributed by atoms with Crippen molar-refractivity contribution in [1.82, 2.24) is 0 Å². The largest absolute Gasteiger partial charge is 0.374 e. The highest BCUT2D eigenvalue weighted by Crippen LogP contribution is 2.38. The van der Waals surface area contributed by atoms with E-state index in [2.05, 4.69) is 27.7 Å². The van der Waals surface area contributed by atoms with E-state index in [1.165, 1.54) is 25.7 Å². The standard InChI is InChI=1S/C14H29NO/c1-5-16-14(12(15)13(2,3)4)10-8-6-7-9-11-14/h12H,5-11,15H2,1-4H3. The van der Waals surface area contributed by atoms with Crippen molar-refractivity contribution in [3.8, 4) is 0 Å². The van der Waals surface area contributed by atoms with Gasteiger partial charge in [0.1, 0.15) is 0 Å². The van der Waals surface area contributed by atoms with Crippen LogP contribution < -0.4 is 5.73 Å². The Kier molecular flexibility index (Phi) is 4.81. The van der Waals surface area contributed by atoms with Crippen molar-refractivity contribution in [2.45, 2.75) is 77.9 Å². The van der Waals surface area contributed by atoms with Gasteiger partial charge in [0.05, 0.1) is 5.60 Å². The van der Waals surface area contributed by atoms with E-state index < -0.39 is 0 Å². The number of ether oxygens (including phenoxy) is 1. The summed E-state index contributed by atoms with van der Waals surface area (Å²) in [5, 5.41) is 0. The summed E-state index contributed by atoms with van der Waals surface area (Å²) in [5.74, 6) is 0. The topological polar surface area (TPSA) is 35.2 Å². The predicted molar refractivity (Wildman–Crippen MR) is 69.5 cm³/mol. The Morgan fingerprint density at radius 1 is 1.12 bits per heavy atom. The predicted octanol–water partition coefficient (Wildman–Crippen LogP) is 3.49. The molecule has 16 heavy (non-hydrogen) atoms. The summed E-state index contributed by atoms with van der Waals surface area (Å²) in [7, 11) is 0. The van der Waals surface area contributed by atoms with Gasteiger partial charge >= 0.3 is 0 Å². The molecule has 2 nitrogen and oxygen atoms in total. The van der Waals surface area contributed by atoms with Crippen molar-refractivity contribution >= 4 is 0 Å². The van der Waals surface area contributed by atoms with Gasteiger partial charge in [-0.1, -0.05) is 46.5 Å². The minimum absolute atomic E-state index is 0.0660. The molecule has 1 unspecified atom stereocenters. The third kappa shape index (κ3) is 3.21. The van der Waals surface area contributed by atoms with E-state index in [0.29, 0.717) is 0 Å². The first-order chi connectivity index (χ1) is 7.42. The van der Waals surface area contributed by atoms with Crippen LogP contribution >= 0.6 is 0 Å². The Bertz CT molecular complexity index is 199. The first-order valence-corrected chi connectivity index (χ1v) is 6.82. The molecule has 2 N–H and O–H groups in total. The molecular formula is C14H29NO. The fraction of sp³-hybridized carbons (Fsp3) is 1.00. The van der Waals surface area contributed by atoms with E-state index in [9.17, 15) is 0 Å². The summed E-state index contributed by atoms with van der Waals surface area (Å²) in [6.45, 7) is 9.54. The average Bonchev–Trinajstić information content (AvgIpc) is 2.42. The molecule has 1 aliphatic carbocycles. The van der Waals surface area contributed by atoms with Crippen LogP contribution in [-0.2, 0) is 4.74 Å². The molecule has 1 atom stereocenters. The van der Waals surface area contributed by atoms with Gasteiger partial charge in [0, 0.05) is 12.6 Å². The molecule has 1 fully saturated rings. The van der Waals surface area contributed by atoms with Crippen LogP contribution in [-0.4, -0.2) is 18.2 Å². The van der Waals surface area contributed by atoms with Crippen LogP contribution in [0.5, 0.6) is 0 Å². The number of hydrogen-bond donors (Lipinski definition) is 1. The number of nitrogens with two attached hydrogens (primary N) is 1. The molecule has 0 bridgehead atoms. The summed E-state index contributed by atoms with van der Waals surface area (Å²) >= 11 is 0. The van der Waals surface area contributed by atoms with Crippen LogP contribution in [0, 0.1) is 5.41 Å². The Hall–Kier alpha value is -0.0800. The second kappa shape index (κ2) is 5.50. The van der Waals surface area contributed by atoms with Crippen LogP contribution in [0.15, 0.2) is 0 Å². The van der Waals surface area contributed by atoms with E-state index >= 15 is 0 Å². The SMILES string of the molecule is CCOC1(C(N)C(C)(C)C)CCCCCC1. The summed E-state index contributed by atoms with van der Waals surface area (Å²) in [5.41, 5.74) is 6.55. The van der Waals surface area contributed by atoms with Crippen molar-refractivity contribution in [3.63, 3.8) is 0 Å². The van der Waals surface area contributed by atoms with Crippen molar-refractivity contribution in [2.24, 2.45) is 11.1 Å². The summed E-state index contributed by atoms with van der Waals surface area (Å²) in [4.78, 5) is 0. The normalized spacial score (nSPS) is 23.8. The molecule has 0 aliphatic heterocycles. The minimum Gasteiger partial charge on any atom is -0.374 e. The van der Waals surface area contributed by atoms with Crippen molar-refractivity contribution in [3.05, 3.63) is 0 Å². The van der Waals surface area contributed by atoms with Gasteiger partial charge in [-0.15, -0.1) is 0 Å². The average molecular weight is 227 g/mol. The van der Waals surface area contributed by atoms with Crippen LogP contribution in [0.3, 0.4) is 0 Å². The zero-order valence-electron chi connectivity index (χ0n) is 11.5. The van der Waals surface area contributed by atoms with Gasteiger partial charge in [-0.3, -0.25) is 0 Å². The molecule has 0 radical (unpaired) electrons. The lowest BCUT2D eigenvalue weighted by atomic mass is 9.73. The first-order valence-electron chi connectivity index (χ1n) is 6.82. The molecule has 96 valence electrons. The van der Waals surface area contributed by atoms with Crippen LogP contribution in [0.2, 0.25) is 0 Å². The molecule has 0 heterocycles. The van der Waals surface area contributed by atoms with Crippen molar-refractivity contribution < 1.29 is 4.74 Å². The highest BCUT2D eigenvalue weighted by molar-refractivity contribution is 4.98. The second-order valence-corrected chi connectivity index (χ2v) is 6.26. The second-order valence-electron chi connectivity index (χ2n) is 6.26. The van der Waals surface area contributed by atoms with Gasteiger partial charge in [0.15, 0.2) is 0 Å². The molecule has 0 aromatic rings. The Labute approximate surface area is 101 Å². The lowest BCUT2D eigenvalue weighted by molar-refractivity contribution is -0.0904. The van der Waals surface area contributed by atoms with Gasteiger partial charge in [-0.2, -0.15) is 0 Å². The van der Waals surface area contributed by atoms with E-state index in [-0.39, 0.29) is 17.1 Å². The molecular weight excluding hydrogens is 198 g/mol. The molecule has 0 amide bonds. The summed E-state index contributed by atoms with van der Waals surface area (Å²) < 4.78 is 6.11. The smallest absolute Gasteiger partial charge is 0.0837 e. The number of rotatable bonds is 3. The zero-order valence-corrected chi connectivity index (χ0v) is 11.5. The van der Waals surface area contributed by atoms with Crippen molar-refractivity contribution in [2.75, 3.05) is 6.61 Å². The van der Waals surface area contributed by atoms with Gasteiger partial charge < -0.3 is 10.5 Å². The van der Waals surface area contributed by atoms with Gasteiger partial charge in [-0.25, -0.2) is 0 Å². The summed E-state index contributed by atoms with van der Waals surface area (Å²) in [6.07, 6.45) is 7.49. The quantitative estimate of drug-likeness (QED) is 0.749. The van der Waals surface area contributed by atoms with E-state index in [1.54, 1.807) is 0 Å². The van der Waals surface area contributed by atoms with Crippen LogP contribution in [0.1, 0.15) is 66.2 Å². The molecule has 2 heteroatoms. The van der Waals surface area contributed by atoms with E-state index in [0.717, 1.165) is 19.4 Å². The first kappa shape index (κ1) is 14.0. The van der Waals surface area contributed by atoms with Crippen molar-refractivity contribution in [1.29, 1.82) is 0 Å². The van der Waals surface area contributed by atoms with Crippen LogP contribution in [0.4, 0.5) is 0 Å². The minimum atomic E-state index is -0.0660. The fourth-order valence-corrected chi connectivity index (χ4v) is 2.95. The summed E-state index contributed by atoms with van der Waals surface area (Å²) in [6, 6.07) is 0.137. The maximum atomic E-state index is 6.49. The maximum absolute atomic E-state index is 6.49. The van der Waals surface area contributed by atoms with E-state index in [4.69, 9.17) is 10.5 Å². The third-order valence-corrected chi connectivity index (χ3v) is 3.88. The molecule has 0 saturated heterocycles. The fourth-order valence-electron chi connectivity index (χ4n) is 2.95.